The quantitative estimate of drug-likeness (QED) is 0.521. The lowest BCUT2D eigenvalue weighted by Crippen LogP contribution is -2.54. The van der Waals surface area contributed by atoms with Crippen LogP contribution < -0.4 is 16.0 Å². The Morgan fingerprint density at radius 2 is 1.81 bits per heavy atom. The Balaban J connectivity index is 2.46. The van der Waals surface area contributed by atoms with Gasteiger partial charge in [0, 0.05) is 20.1 Å². The molecular weight excluding hydrogens is 354 g/mol. The number of ether oxygens (including phenoxy) is 1. The van der Waals surface area contributed by atoms with Crippen molar-refractivity contribution in [2.24, 2.45) is 4.99 Å². The van der Waals surface area contributed by atoms with E-state index in [9.17, 15) is 13.6 Å². The first kappa shape index (κ1) is 22.7. The summed E-state index contributed by atoms with van der Waals surface area (Å²) in [6.45, 7) is 9.85. The summed E-state index contributed by atoms with van der Waals surface area (Å²) in [5.41, 5.74) is -0.865. The summed E-state index contributed by atoms with van der Waals surface area (Å²) in [5.74, 6) is -0.418. The van der Waals surface area contributed by atoms with Crippen LogP contribution in [0.5, 0.6) is 0 Å². The van der Waals surface area contributed by atoms with Crippen LogP contribution in [-0.4, -0.2) is 43.3 Å². The number of hydrogen-bond acceptors (Lipinski definition) is 3. The maximum Gasteiger partial charge on any atom is 0.408 e. The lowest BCUT2D eigenvalue weighted by molar-refractivity contribution is 0.0474. The number of benzene rings is 1. The number of hydrogen-bond donors (Lipinski definition) is 3. The average molecular weight is 384 g/mol. The van der Waals surface area contributed by atoms with Crippen LogP contribution >= 0.6 is 0 Å². The number of aliphatic imine (C=N–C) groups is 1. The molecule has 3 N–H and O–H groups in total. The van der Waals surface area contributed by atoms with Crippen LogP contribution in [0.25, 0.3) is 0 Å². The highest BCUT2D eigenvalue weighted by atomic mass is 19.1. The summed E-state index contributed by atoms with van der Waals surface area (Å²) in [5, 5.41) is 8.92. The van der Waals surface area contributed by atoms with Gasteiger partial charge in [-0.05, 0) is 64.8 Å². The van der Waals surface area contributed by atoms with Gasteiger partial charge in [0.15, 0.2) is 5.96 Å². The predicted molar refractivity (Wildman–Crippen MR) is 103 cm³/mol. The van der Waals surface area contributed by atoms with E-state index in [4.69, 9.17) is 4.74 Å². The van der Waals surface area contributed by atoms with Crippen LogP contribution in [0.1, 0.15) is 40.2 Å². The maximum absolute atomic E-state index is 13.6. The van der Waals surface area contributed by atoms with Crippen molar-refractivity contribution in [3.8, 4) is 0 Å². The van der Waals surface area contributed by atoms with E-state index < -0.39 is 28.9 Å². The molecule has 1 amide bonds. The molecule has 27 heavy (non-hydrogen) atoms. The first-order valence-electron chi connectivity index (χ1n) is 8.81. The largest absolute Gasteiger partial charge is 0.444 e. The minimum atomic E-state index is -0.589. The highest BCUT2D eigenvalue weighted by Gasteiger charge is 2.24. The summed E-state index contributed by atoms with van der Waals surface area (Å²) in [7, 11) is 1.60. The molecule has 1 rings (SSSR count). The maximum atomic E-state index is 13.6. The van der Waals surface area contributed by atoms with Gasteiger partial charge in [-0.25, -0.2) is 13.6 Å². The van der Waals surface area contributed by atoms with Crippen LogP contribution in [0.3, 0.4) is 0 Å². The predicted octanol–water partition coefficient (Wildman–Crippen LogP) is 2.98. The third kappa shape index (κ3) is 9.21. The number of nitrogens with zero attached hydrogens (tertiary/aromatic N) is 1. The molecule has 0 aliphatic carbocycles. The molecule has 0 fully saturated rings. The molecular formula is C19H30F2N4O2. The van der Waals surface area contributed by atoms with Gasteiger partial charge in [-0.15, -0.1) is 0 Å². The number of carbonyl (C=O) groups is 1. The third-order valence-corrected chi connectivity index (χ3v) is 3.46. The first-order valence-corrected chi connectivity index (χ1v) is 8.81. The van der Waals surface area contributed by atoms with E-state index in [2.05, 4.69) is 20.9 Å². The summed E-state index contributed by atoms with van der Waals surface area (Å²) in [4.78, 5) is 16.0. The van der Waals surface area contributed by atoms with Crippen molar-refractivity contribution < 1.29 is 18.3 Å². The molecule has 0 bridgehead atoms. The Hall–Kier alpha value is -2.38. The molecule has 0 unspecified atom stereocenters. The monoisotopic (exact) mass is 384 g/mol. The minimum Gasteiger partial charge on any atom is -0.444 e. The number of nitrogens with one attached hydrogen (secondary N) is 3. The van der Waals surface area contributed by atoms with Crippen molar-refractivity contribution in [2.45, 2.75) is 52.2 Å². The zero-order chi connectivity index (χ0) is 20.7. The van der Waals surface area contributed by atoms with Crippen molar-refractivity contribution in [2.75, 3.05) is 20.1 Å². The second kappa shape index (κ2) is 9.53. The van der Waals surface area contributed by atoms with Crippen molar-refractivity contribution in [3.63, 3.8) is 0 Å². The third-order valence-electron chi connectivity index (χ3n) is 3.46. The highest BCUT2D eigenvalue weighted by Crippen LogP contribution is 2.10. The molecule has 0 saturated carbocycles. The standard InChI is InChI=1S/C19H30F2N4O2/c1-18(2,3)27-17(26)25-19(4,5)12-24-16(22-6)23-10-9-13-11-14(20)7-8-15(13)21/h7-8,11H,9-10,12H2,1-6H3,(H,25,26)(H2,22,23,24). The number of amides is 1. The fourth-order valence-corrected chi connectivity index (χ4v) is 2.20. The number of guanidine groups is 1. The Kier molecular flexibility index (Phi) is 7.99. The summed E-state index contributed by atoms with van der Waals surface area (Å²) in [6, 6.07) is 3.39. The topological polar surface area (TPSA) is 74.8 Å². The molecule has 0 atom stereocenters. The number of carbonyl (C=O) groups excluding carboxylic acids is 1. The van der Waals surface area contributed by atoms with Gasteiger partial charge in [0.2, 0.25) is 0 Å². The molecule has 0 aliphatic rings. The second-order valence-electron chi connectivity index (χ2n) is 7.85. The number of rotatable bonds is 6. The van der Waals surface area contributed by atoms with Gasteiger partial charge in [0.1, 0.15) is 17.2 Å². The first-order chi connectivity index (χ1) is 12.4. The van der Waals surface area contributed by atoms with E-state index in [0.29, 0.717) is 31.0 Å². The lowest BCUT2D eigenvalue weighted by Gasteiger charge is -2.29. The molecule has 1 aromatic rings. The van der Waals surface area contributed by atoms with Gasteiger partial charge in [0.05, 0.1) is 5.54 Å². The lowest BCUT2D eigenvalue weighted by atomic mass is 10.1. The molecule has 0 heterocycles. The fourth-order valence-electron chi connectivity index (χ4n) is 2.20. The molecule has 0 saturated heterocycles. The zero-order valence-corrected chi connectivity index (χ0v) is 16.9. The van der Waals surface area contributed by atoms with Crippen molar-refractivity contribution in [1.82, 2.24) is 16.0 Å². The molecule has 0 aromatic heterocycles. The van der Waals surface area contributed by atoms with E-state index in [1.807, 2.05) is 13.8 Å². The Labute approximate surface area is 159 Å². The zero-order valence-electron chi connectivity index (χ0n) is 16.9. The van der Waals surface area contributed by atoms with E-state index in [1.54, 1.807) is 27.8 Å². The second-order valence-corrected chi connectivity index (χ2v) is 7.85. The summed E-state index contributed by atoms with van der Waals surface area (Å²) in [6.07, 6.45) is -0.192. The fraction of sp³-hybridized carbons (Fsp3) is 0.579. The van der Waals surface area contributed by atoms with Crippen LogP contribution in [0.2, 0.25) is 0 Å². The van der Waals surface area contributed by atoms with Crippen molar-refractivity contribution in [1.29, 1.82) is 0 Å². The molecule has 0 spiro atoms. The summed E-state index contributed by atoms with van der Waals surface area (Å²) < 4.78 is 32.1. The van der Waals surface area contributed by atoms with Crippen LogP contribution in [0.15, 0.2) is 23.2 Å². The van der Waals surface area contributed by atoms with E-state index in [-0.39, 0.29) is 0 Å². The average Bonchev–Trinajstić information content (AvgIpc) is 2.51. The van der Waals surface area contributed by atoms with Gasteiger partial charge >= 0.3 is 6.09 Å². The minimum absolute atomic E-state index is 0.296. The molecule has 1 aromatic carbocycles. The molecule has 8 heteroatoms. The van der Waals surface area contributed by atoms with Crippen LogP contribution in [0, 0.1) is 11.6 Å². The highest BCUT2D eigenvalue weighted by molar-refractivity contribution is 5.79. The normalized spacial score (nSPS) is 12.5. The SMILES string of the molecule is CN=C(NCCc1cc(F)ccc1F)NCC(C)(C)NC(=O)OC(C)(C)C. The summed E-state index contributed by atoms with van der Waals surface area (Å²) >= 11 is 0. The Bertz CT molecular complexity index is 670. The Morgan fingerprint density at radius 1 is 1.15 bits per heavy atom. The molecule has 0 aliphatic heterocycles. The number of alkyl carbamates (subject to hydrolysis) is 1. The molecule has 0 radical (unpaired) electrons. The van der Waals surface area contributed by atoms with E-state index >= 15 is 0 Å². The van der Waals surface area contributed by atoms with Crippen LogP contribution in [-0.2, 0) is 11.2 Å². The molecule has 152 valence electrons. The van der Waals surface area contributed by atoms with Crippen molar-refractivity contribution >= 4 is 12.1 Å². The number of halogens is 2. The van der Waals surface area contributed by atoms with Gasteiger partial charge < -0.3 is 20.7 Å². The van der Waals surface area contributed by atoms with Gasteiger partial charge in [-0.3, -0.25) is 4.99 Å². The van der Waals surface area contributed by atoms with Gasteiger partial charge in [-0.2, -0.15) is 0 Å². The smallest absolute Gasteiger partial charge is 0.408 e. The van der Waals surface area contributed by atoms with Crippen molar-refractivity contribution in [3.05, 3.63) is 35.4 Å². The van der Waals surface area contributed by atoms with Crippen LogP contribution in [0.4, 0.5) is 13.6 Å². The van der Waals surface area contributed by atoms with Gasteiger partial charge in [-0.1, -0.05) is 0 Å². The van der Waals surface area contributed by atoms with Gasteiger partial charge in [0.25, 0.3) is 0 Å². The van der Waals surface area contributed by atoms with E-state index in [0.717, 1.165) is 12.1 Å². The van der Waals surface area contributed by atoms with E-state index in [1.165, 1.54) is 6.07 Å². The Morgan fingerprint density at radius 3 is 2.41 bits per heavy atom. The molecule has 6 nitrogen and oxygen atoms in total.